The summed E-state index contributed by atoms with van der Waals surface area (Å²) in [7, 11) is 3.87. The number of fused-ring (bicyclic) bond motifs is 2. The zero-order chi connectivity index (χ0) is 25.8. The molecule has 1 aliphatic heterocycles. The van der Waals surface area contributed by atoms with Crippen molar-refractivity contribution in [2.75, 3.05) is 23.9 Å². The minimum absolute atomic E-state index is 0.0305. The Morgan fingerprint density at radius 1 is 1.05 bits per heavy atom. The van der Waals surface area contributed by atoms with Crippen LogP contribution in [0.15, 0.2) is 88.5 Å². The van der Waals surface area contributed by atoms with E-state index in [9.17, 15) is 14.7 Å². The number of rotatable bonds is 5. The molecule has 0 radical (unpaired) electrons. The van der Waals surface area contributed by atoms with Gasteiger partial charge in [-0.3, -0.25) is 14.5 Å². The van der Waals surface area contributed by atoms with E-state index in [1.165, 1.54) is 16.2 Å². The lowest BCUT2D eigenvalue weighted by atomic mass is 9.95. The summed E-state index contributed by atoms with van der Waals surface area (Å²) >= 11 is 1.35. The first-order chi connectivity index (χ1) is 17.8. The number of furan rings is 1. The van der Waals surface area contributed by atoms with Crippen molar-refractivity contribution in [3.05, 3.63) is 101 Å². The summed E-state index contributed by atoms with van der Waals surface area (Å²) in [4.78, 5) is 35.4. The highest BCUT2D eigenvalue weighted by atomic mass is 32.1. The number of para-hydroxylation sites is 1. The topological polar surface area (TPSA) is 86.9 Å². The van der Waals surface area contributed by atoms with Crippen molar-refractivity contribution in [3.63, 3.8) is 0 Å². The quantitative estimate of drug-likeness (QED) is 0.284. The summed E-state index contributed by atoms with van der Waals surface area (Å²) in [5.74, 6) is -1.74. The Morgan fingerprint density at radius 2 is 1.81 bits per heavy atom. The fraction of sp³-hybridized carbons (Fsp3) is 0.138. The van der Waals surface area contributed by atoms with Crippen LogP contribution in [-0.2, 0) is 4.79 Å². The molecule has 3 aromatic carbocycles. The summed E-state index contributed by atoms with van der Waals surface area (Å²) in [6.07, 6.45) is 0. The predicted molar refractivity (Wildman–Crippen MR) is 146 cm³/mol. The van der Waals surface area contributed by atoms with Crippen LogP contribution in [0.3, 0.4) is 0 Å². The summed E-state index contributed by atoms with van der Waals surface area (Å²) in [6.45, 7) is 1.99. The zero-order valence-corrected chi connectivity index (χ0v) is 21.2. The second-order valence-electron chi connectivity index (χ2n) is 9.27. The lowest BCUT2D eigenvalue weighted by molar-refractivity contribution is -0.117. The van der Waals surface area contributed by atoms with Gasteiger partial charge in [0.05, 0.1) is 21.8 Å². The third kappa shape index (κ3) is 3.77. The van der Waals surface area contributed by atoms with Crippen LogP contribution in [-0.4, -0.2) is 35.9 Å². The smallest absolute Gasteiger partial charge is 0.296 e. The van der Waals surface area contributed by atoms with Gasteiger partial charge in [-0.05, 0) is 54.4 Å². The number of carbonyl (C=O) groups is 2. The molecule has 0 aliphatic carbocycles. The van der Waals surface area contributed by atoms with Crippen LogP contribution in [0.2, 0.25) is 0 Å². The number of aryl methyl sites for hydroxylation is 1. The summed E-state index contributed by atoms with van der Waals surface area (Å²) in [6, 6.07) is 21.5. The number of benzene rings is 3. The molecule has 1 atom stereocenters. The molecule has 0 bridgehead atoms. The molecule has 1 N–H and O–H groups in total. The van der Waals surface area contributed by atoms with Crippen molar-refractivity contribution in [2.45, 2.75) is 13.0 Å². The van der Waals surface area contributed by atoms with Crippen molar-refractivity contribution >= 4 is 55.0 Å². The molecule has 7 nitrogen and oxygen atoms in total. The van der Waals surface area contributed by atoms with Gasteiger partial charge in [0, 0.05) is 25.2 Å². The van der Waals surface area contributed by atoms with Crippen LogP contribution < -0.4 is 9.80 Å². The van der Waals surface area contributed by atoms with Crippen LogP contribution in [0.4, 0.5) is 10.8 Å². The minimum Gasteiger partial charge on any atom is -0.503 e. The van der Waals surface area contributed by atoms with Crippen molar-refractivity contribution in [1.82, 2.24) is 4.98 Å². The molecule has 0 saturated heterocycles. The van der Waals surface area contributed by atoms with E-state index in [1.807, 2.05) is 86.6 Å². The van der Waals surface area contributed by atoms with E-state index in [1.54, 1.807) is 12.1 Å². The molecule has 6 rings (SSSR count). The molecule has 0 spiro atoms. The lowest BCUT2D eigenvalue weighted by Crippen LogP contribution is -2.31. The number of Topliss-reactive ketones (excluding diaryl/α,β-unsaturated/α-hetero) is 1. The van der Waals surface area contributed by atoms with Gasteiger partial charge in [0.15, 0.2) is 16.7 Å². The molecule has 0 saturated carbocycles. The molecule has 0 fully saturated rings. The van der Waals surface area contributed by atoms with E-state index in [2.05, 4.69) is 4.98 Å². The standard InChI is InChI=1S/C29H23N3O4S/c1-16-8-13-20-23(14-16)37-29(30-20)32-25(17-9-11-19(12-10-17)31(2)3)24(27(34)28(32)35)26(33)22-15-18-6-4-5-7-21(18)36-22/h4-15,25,34H,1-3H3/t25-/m0/s1. The summed E-state index contributed by atoms with van der Waals surface area (Å²) < 4.78 is 6.74. The Kier molecular flexibility index (Phi) is 5.35. The molecular weight excluding hydrogens is 486 g/mol. The van der Waals surface area contributed by atoms with Gasteiger partial charge in [0.2, 0.25) is 5.78 Å². The van der Waals surface area contributed by atoms with Crippen LogP contribution in [0.5, 0.6) is 0 Å². The number of ketones is 1. The van der Waals surface area contributed by atoms with Crippen LogP contribution in [0.25, 0.3) is 21.2 Å². The molecular formula is C29H23N3O4S. The molecule has 184 valence electrons. The average Bonchev–Trinajstić information content (AvgIpc) is 3.57. The van der Waals surface area contributed by atoms with Crippen LogP contribution >= 0.6 is 11.3 Å². The third-order valence-corrected chi connectivity index (χ3v) is 7.58. The van der Waals surface area contributed by atoms with Gasteiger partial charge in [-0.2, -0.15) is 0 Å². The number of aliphatic hydroxyl groups excluding tert-OH is 1. The van der Waals surface area contributed by atoms with Crippen molar-refractivity contribution in [2.24, 2.45) is 0 Å². The molecule has 1 aliphatic rings. The maximum absolute atomic E-state index is 13.8. The van der Waals surface area contributed by atoms with Crippen molar-refractivity contribution < 1.29 is 19.1 Å². The number of hydrogen-bond acceptors (Lipinski definition) is 7. The number of aliphatic hydroxyl groups is 1. The van der Waals surface area contributed by atoms with Gasteiger partial charge in [-0.25, -0.2) is 4.98 Å². The Hall–Kier alpha value is -4.43. The first-order valence-electron chi connectivity index (χ1n) is 11.8. The van der Waals surface area contributed by atoms with E-state index in [4.69, 9.17) is 4.42 Å². The molecule has 3 heterocycles. The second kappa shape index (κ2) is 8.60. The fourth-order valence-corrected chi connectivity index (χ4v) is 5.74. The van der Waals surface area contributed by atoms with Gasteiger partial charge in [-0.1, -0.05) is 47.7 Å². The van der Waals surface area contributed by atoms with E-state index in [0.29, 0.717) is 16.3 Å². The molecule has 1 amide bonds. The number of aromatic nitrogens is 1. The van der Waals surface area contributed by atoms with E-state index in [-0.39, 0.29) is 11.3 Å². The number of thiazole rings is 1. The van der Waals surface area contributed by atoms with Crippen molar-refractivity contribution in [3.8, 4) is 0 Å². The lowest BCUT2D eigenvalue weighted by Gasteiger charge is -2.25. The SMILES string of the molecule is Cc1ccc2nc(N3C(=O)C(O)=C(C(=O)c4cc5ccccc5o4)[C@@H]3c3ccc(N(C)C)cc3)sc2c1. The van der Waals surface area contributed by atoms with Crippen molar-refractivity contribution in [1.29, 1.82) is 0 Å². The Labute approximate surface area is 216 Å². The minimum atomic E-state index is -0.869. The largest absolute Gasteiger partial charge is 0.503 e. The molecule has 0 unspecified atom stereocenters. The number of hydrogen-bond donors (Lipinski definition) is 1. The fourth-order valence-electron chi connectivity index (χ4n) is 4.65. The van der Waals surface area contributed by atoms with E-state index in [0.717, 1.165) is 26.9 Å². The summed E-state index contributed by atoms with van der Waals surface area (Å²) in [5.41, 5.74) is 3.99. The first kappa shape index (κ1) is 23.0. The number of nitrogens with zero attached hydrogens (tertiary/aromatic N) is 3. The second-order valence-corrected chi connectivity index (χ2v) is 10.3. The average molecular weight is 510 g/mol. The number of amides is 1. The molecule has 8 heteroatoms. The van der Waals surface area contributed by atoms with Gasteiger partial charge < -0.3 is 14.4 Å². The van der Waals surface area contributed by atoms with Gasteiger partial charge in [0.25, 0.3) is 5.91 Å². The highest BCUT2D eigenvalue weighted by Gasteiger charge is 2.46. The third-order valence-electron chi connectivity index (χ3n) is 6.57. The highest BCUT2D eigenvalue weighted by Crippen LogP contribution is 2.44. The van der Waals surface area contributed by atoms with Crippen LogP contribution in [0, 0.1) is 6.92 Å². The van der Waals surface area contributed by atoms with Crippen LogP contribution in [0.1, 0.15) is 27.7 Å². The van der Waals surface area contributed by atoms with Gasteiger partial charge in [0.1, 0.15) is 5.58 Å². The Bertz CT molecular complexity index is 1700. The van der Waals surface area contributed by atoms with Gasteiger partial charge >= 0.3 is 0 Å². The van der Waals surface area contributed by atoms with E-state index >= 15 is 0 Å². The summed E-state index contributed by atoms with van der Waals surface area (Å²) in [5, 5.41) is 12.3. The Morgan fingerprint density at radius 3 is 2.54 bits per heavy atom. The number of anilines is 2. The first-order valence-corrected chi connectivity index (χ1v) is 12.6. The normalized spacial score (nSPS) is 15.8. The van der Waals surface area contributed by atoms with Gasteiger partial charge in [-0.15, -0.1) is 0 Å². The maximum Gasteiger partial charge on any atom is 0.296 e. The molecule has 5 aromatic rings. The predicted octanol–water partition coefficient (Wildman–Crippen LogP) is 6.20. The zero-order valence-electron chi connectivity index (χ0n) is 20.4. The van der Waals surface area contributed by atoms with E-state index < -0.39 is 23.5 Å². The highest BCUT2D eigenvalue weighted by molar-refractivity contribution is 7.22. The maximum atomic E-state index is 13.8. The number of carbonyl (C=O) groups excluding carboxylic acids is 2. The molecule has 2 aromatic heterocycles. The Balaban J connectivity index is 1.50. The molecule has 37 heavy (non-hydrogen) atoms. The monoisotopic (exact) mass is 509 g/mol.